The van der Waals surface area contributed by atoms with Gasteiger partial charge in [0.25, 0.3) is 0 Å². The molecule has 3 fully saturated rings. The lowest BCUT2D eigenvalue weighted by Gasteiger charge is -2.59. The molecule has 0 aromatic heterocycles. The first-order chi connectivity index (χ1) is 16.9. The molecular formula is C28H33IO7. The molecule has 0 amide bonds. The van der Waals surface area contributed by atoms with Crippen LogP contribution in [0.15, 0.2) is 48.1 Å². The summed E-state index contributed by atoms with van der Waals surface area (Å²) < 4.78 is 0.942. The fourth-order valence-corrected chi connectivity index (χ4v) is 8.08. The molecule has 4 aliphatic rings. The summed E-state index contributed by atoms with van der Waals surface area (Å²) in [6.07, 6.45) is 7.68. The second-order valence-corrected chi connectivity index (χ2v) is 12.3. The molecule has 194 valence electrons. The van der Waals surface area contributed by atoms with Crippen LogP contribution in [0.3, 0.4) is 0 Å². The lowest BCUT2D eigenvalue weighted by molar-refractivity contribution is -0.178. The molecule has 0 aliphatic heterocycles. The van der Waals surface area contributed by atoms with Crippen molar-refractivity contribution in [2.75, 3.05) is 6.61 Å². The number of carbonyl (C=O) groups excluding carboxylic acids is 2. The van der Waals surface area contributed by atoms with Crippen LogP contribution in [0.2, 0.25) is 0 Å². The minimum Gasteiger partial charge on any atom is -0.478 e. The standard InChI is InChI=1S/C21H28O5.C7H5IO2/c1-19-7-5-13(23)9-12(19)3-4-14-15-6-8-21(26,17(25)11-22)20(15,2)10-16(24)18(14)19;8-6-3-1-2-5(4-6)7(9)10/h5,7,9,14-16,18,22,24,26H,3-4,6,8,10-11H2,1-2H3;1-4H,(H,9,10)/t14-,15-,16-,18+,19-,20-,21-;/m0./s1. The van der Waals surface area contributed by atoms with Crippen LogP contribution in [0.25, 0.3) is 0 Å². The number of hydrogen-bond donors (Lipinski definition) is 4. The Labute approximate surface area is 224 Å². The molecule has 7 atom stereocenters. The number of carbonyl (C=O) groups is 3. The summed E-state index contributed by atoms with van der Waals surface area (Å²) in [6.45, 7) is 3.34. The van der Waals surface area contributed by atoms with Crippen LogP contribution in [0.4, 0.5) is 0 Å². The highest BCUT2D eigenvalue weighted by Gasteiger charge is 2.67. The van der Waals surface area contributed by atoms with Crippen molar-refractivity contribution in [1.82, 2.24) is 0 Å². The second-order valence-electron chi connectivity index (χ2n) is 11.0. The second kappa shape index (κ2) is 9.78. The average Bonchev–Trinajstić information content (AvgIpc) is 3.10. The quantitative estimate of drug-likeness (QED) is 0.386. The number of carboxylic acids is 1. The fourth-order valence-electron chi connectivity index (χ4n) is 7.54. The van der Waals surface area contributed by atoms with Crippen LogP contribution < -0.4 is 0 Å². The van der Waals surface area contributed by atoms with Crippen molar-refractivity contribution in [3.63, 3.8) is 0 Å². The molecule has 4 aliphatic carbocycles. The maximum atomic E-state index is 12.4. The predicted octanol–water partition coefficient (Wildman–Crippen LogP) is 3.55. The van der Waals surface area contributed by atoms with E-state index in [-0.39, 0.29) is 29.0 Å². The Hall–Kier alpha value is -1.88. The molecule has 8 heteroatoms. The Morgan fingerprint density at radius 2 is 1.92 bits per heavy atom. The van der Waals surface area contributed by atoms with E-state index in [9.17, 15) is 29.7 Å². The van der Waals surface area contributed by atoms with E-state index >= 15 is 0 Å². The SMILES string of the molecule is C[C@]12C=CC(=O)C=C1CC[C@@H]1[C@@H]2[C@@H](O)C[C@@]2(C)[C@H]1CC[C@]2(O)C(=O)CO.O=C(O)c1cccc(I)c1. The van der Waals surface area contributed by atoms with Gasteiger partial charge in [0.15, 0.2) is 11.6 Å². The summed E-state index contributed by atoms with van der Waals surface area (Å²) in [7, 11) is 0. The van der Waals surface area contributed by atoms with Crippen LogP contribution in [0.5, 0.6) is 0 Å². The molecule has 36 heavy (non-hydrogen) atoms. The van der Waals surface area contributed by atoms with Crippen LogP contribution in [0.1, 0.15) is 56.3 Å². The largest absolute Gasteiger partial charge is 0.478 e. The summed E-state index contributed by atoms with van der Waals surface area (Å²) in [6, 6.07) is 6.78. The number of ketones is 2. The van der Waals surface area contributed by atoms with Gasteiger partial charge in [0.1, 0.15) is 12.2 Å². The minimum atomic E-state index is -1.56. The van der Waals surface area contributed by atoms with Crippen molar-refractivity contribution < 1.29 is 34.8 Å². The molecule has 4 N–H and O–H groups in total. The Bertz CT molecular complexity index is 1140. The highest BCUT2D eigenvalue weighted by molar-refractivity contribution is 14.1. The first kappa shape index (κ1) is 27.2. The van der Waals surface area contributed by atoms with E-state index in [1.165, 1.54) is 0 Å². The van der Waals surface area contributed by atoms with Gasteiger partial charge in [0, 0.05) is 20.3 Å². The fraction of sp³-hybridized carbons (Fsp3) is 0.536. The maximum Gasteiger partial charge on any atom is 0.335 e. The Kier molecular flexibility index (Phi) is 7.38. The zero-order valence-electron chi connectivity index (χ0n) is 20.5. The third kappa shape index (κ3) is 4.29. The van der Waals surface area contributed by atoms with Crippen molar-refractivity contribution in [2.24, 2.45) is 28.6 Å². The number of hydrogen-bond acceptors (Lipinski definition) is 6. The lowest BCUT2D eigenvalue weighted by Crippen LogP contribution is -2.61. The summed E-state index contributed by atoms with van der Waals surface area (Å²) >= 11 is 2.08. The molecule has 1 aromatic rings. The molecular weight excluding hydrogens is 575 g/mol. The maximum absolute atomic E-state index is 12.4. The van der Waals surface area contributed by atoms with Gasteiger partial charge in [-0.15, -0.1) is 0 Å². The number of benzene rings is 1. The van der Waals surface area contributed by atoms with E-state index in [0.717, 1.165) is 28.4 Å². The number of aromatic carboxylic acids is 1. The average molecular weight is 608 g/mol. The molecule has 0 spiro atoms. The smallest absolute Gasteiger partial charge is 0.335 e. The number of aliphatic hydroxyl groups is 3. The van der Waals surface area contributed by atoms with Crippen LogP contribution in [-0.4, -0.2) is 56.3 Å². The first-order valence-electron chi connectivity index (χ1n) is 12.3. The molecule has 5 rings (SSSR count). The number of allylic oxidation sites excluding steroid dienone is 4. The highest BCUT2D eigenvalue weighted by Crippen LogP contribution is 2.67. The van der Waals surface area contributed by atoms with Crippen molar-refractivity contribution >= 4 is 40.1 Å². The monoisotopic (exact) mass is 608 g/mol. The van der Waals surface area contributed by atoms with E-state index in [1.807, 2.05) is 19.1 Å². The molecule has 3 saturated carbocycles. The van der Waals surface area contributed by atoms with E-state index in [0.29, 0.717) is 18.4 Å². The van der Waals surface area contributed by atoms with Gasteiger partial charge in [-0.1, -0.05) is 31.6 Å². The van der Waals surface area contributed by atoms with E-state index < -0.39 is 35.5 Å². The zero-order chi connectivity index (χ0) is 26.5. The van der Waals surface area contributed by atoms with E-state index in [1.54, 1.807) is 30.4 Å². The number of aliphatic hydroxyl groups excluding tert-OH is 2. The predicted molar refractivity (Wildman–Crippen MR) is 141 cm³/mol. The molecule has 0 unspecified atom stereocenters. The van der Waals surface area contributed by atoms with Gasteiger partial charge >= 0.3 is 5.97 Å². The topological polar surface area (TPSA) is 132 Å². The summed E-state index contributed by atoms with van der Waals surface area (Å²) in [5, 5.41) is 40.2. The number of carboxylic acid groups (broad SMARTS) is 1. The molecule has 0 saturated heterocycles. The summed E-state index contributed by atoms with van der Waals surface area (Å²) in [4.78, 5) is 34.5. The molecule has 7 nitrogen and oxygen atoms in total. The first-order valence-corrected chi connectivity index (χ1v) is 13.4. The summed E-state index contributed by atoms with van der Waals surface area (Å²) in [5.41, 5.74) is -1.20. The van der Waals surface area contributed by atoms with Crippen molar-refractivity contribution in [3.8, 4) is 0 Å². The Balaban J connectivity index is 0.000000256. The molecule has 0 heterocycles. The van der Waals surface area contributed by atoms with Crippen molar-refractivity contribution in [2.45, 2.75) is 57.7 Å². The van der Waals surface area contributed by atoms with Gasteiger partial charge in [-0.3, -0.25) is 9.59 Å². The van der Waals surface area contributed by atoms with Gasteiger partial charge in [-0.25, -0.2) is 4.79 Å². The Morgan fingerprint density at radius 1 is 1.19 bits per heavy atom. The van der Waals surface area contributed by atoms with Crippen LogP contribution in [0, 0.1) is 32.2 Å². The van der Waals surface area contributed by atoms with Crippen LogP contribution >= 0.6 is 22.6 Å². The van der Waals surface area contributed by atoms with Gasteiger partial charge in [0.05, 0.1) is 11.7 Å². The third-order valence-electron chi connectivity index (χ3n) is 9.32. The highest BCUT2D eigenvalue weighted by atomic mass is 127. The summed E-state index contributed by atoms with van der Waals surface area (Å²) in [5.74, 6) is -1.10. The van der Waals surface area contributed by atoms with Gasteiger partial charge < -0.3 is 20.4 Å². The molecule has 1 aromatic carbocycles. The van der Waals surface area contributed by atoms with Gasteiger partial charge in [0.2, 0.25) is 0 Å². The normalized spacial score (nSPS) is 38.6. The minimum absolute atomic E-state index is 0.00912. The van der Waals surface area contributed by atoms with Gasteiger partial charge in [-0.2, -0.15) is 0 Å². The third-order valence-corrected chi connectivity index (χ3v) is 10.00. The number of rotatable bonds is 3. The van der Waals surface area contributed by atoms with E-state index in [4.69, 9.17) is 5.11 Å². The van der Waals surface area contributed by atoms with Crippen LogP contribution in [-0.2, 0) is 9.59 Å². The molecule has 0 radical (unpaired) electrons. The van der Waals surface area contributed by atoms with Crippen molar-refractivity contribution in [3.05, 3.63) is 57.2 Å². The van der Waals surface area contributed by atoms with E-state index in [2.05, 4.69) is 29.5 Å². The Morgan fingerprint density at radius 3 is 2.53 bits per heavy atom. The van der Waals surface area contributed by atoms with Crippen molar-refractivity contribution in [1.29, 1.82) is 0 Å². The zero-order valence-corrected chi connectivity index (χ0v) is 22.6. The van der Waals surface area contributed by atoms with Gasteiger partial charge in [-0.05, 0) is 96.9 Å². The molecule has 0 bridgehead atoms. The lowest BCUT2D eigenvalue weighted by atomic mass is 9.46. The number of Topliss-reactive ketones (excluding diaryl/α,β-unsaturated/α-hetero) is 1. The number of halogens is 1. The number of fused-ring (bicyclic) bond motifs is 5.